The molecule has 0 spiro atoms. The van der Waals surface area contributed by atoms with E-state index < -0.39 is 5.91 Å². The predicted molar refractivity (Wildman–Crippen MR) is 93.7 cm³/mol. The molecule has 1 N–H and O–H groups in total. The van der Waals surface area contributed by atoms with E-state index in [1.54, 1.807) is 42.5 Å². The quantitative estimate of drug-likeness (QED) is 0.763. The molecule has 1 aromatic heterocycles. The number of amides is 2. The zero-order valence-electron chi connectivity index (χ0n) is 12.9. The minimum Gasteiger partial charge on any atom is -0.355 e. The number of hydrogen-bond acceptors (Lipinski definition) is 4. The van der Waals surface area contributed by atoms with Gasteiger partial charge in [-0.15, -0.1) is 0 Å². The van der Waals surface area contributed by atoms with Crippen molar-refractivity contribution in [2.45, 2.75) is 0 Å². The summed E-state index contributed by atoms with van der Waals surface area (Å²) in [4.78, 5) is 26.1. The van der Waals surface area contributed by atoms with Gasteiger partial charge in [-0.1, -0.05) is 41.0 Å². The number of carbonyl (C=O) groups excluding carboxylic acids is 2. The van der Waals surface area contributed by atoms with Crippen molar-refractivity contribution in [3.05, 3.63) is 65.3 Å². The van der Waals surface area contributed by atoms with Crippen molar-refractivity contribution in [3.63, 3.8) is 0 Å². The predicted octanol–water partition coefficient (Wildman–Crippen LogP) is 3.59. The highest BCUT2D eigenvalue weighted by atomic mass is 35.5. The maximum absolute atomic E-state index is 12.8. The Hall–Kier alpha value is -3.12. The smallest absolute Gasteiger partial charge is 0.281 e. The molecular weight excluding hydrogens is 342 g/mol. The van der Waals surface area contributed by atoms with E-state index in [-0.39, 0.29) is 18.1 Å². The summed E-state index contributed by atoms with van der Waals surface area (Å²) in [7, 11) is 0. The summed E-state index contributed by atoms with van der Waals surface area (Å²) in [5.74, 6) is -0.282. The van der Waals surface area contributed by atoms with Gasteiger partial charge in [-0.2, -0.15) is 0 Å². The van der Waals surface area contributed by atoms with E-state index >= 15 is 0 Å². The molecule has 0 saturated carbocycles. The molecule has 0 saturated heterocycles. The minimum atomic E-state index is -0.413. The third-order valence-electron chi connectivity index (χ3n) is 3.88. The van der Waals surface area contributed by atoms with Gasteiger partial charge in [0.1, 0.15) is 6.54 Å². The number of nitrogens with zero attached hydrogens (tertiary/aromatic N) is 2. The van der Waals surface area contributed by atoms with Gasteiger partial charge in [-0.3, -0.25) is 14.5 Å². The number of halogens is 1. The van der Waals surface area contributed by atoms with E-state index in [2.05, 4.69) is 10.5 Å². The molecule has 7 heteroatoms. The minimum absolute atomic E-state index is 0.0792. The topological polar surface area (TPSA) is 75.4 Å². The normalized spacial score (nSPS) is 13.3. The fourth-order valence-electron chi connectivity index (χ4n) is 2.72. The Morgan fingerprint density at radius 2 is 1.92 bits per heavy atom. The molecule has 0 fully saturated rings. The fourth-order valence-corrected chi connectivity index (χ4v) is 2.95. The van der Waals surface area contributed by atoms with Crippen LogP contribution in [0, 0.1) is 0 Å². The monoisotopic (exact) mass is 353 g/mol. The van der Waals surface area contributed by atoms with Gasteiger partial charge < -0.3 is 9.84 Å². The van der Waals surface area contributed by atoms with Crippen LogP contribution < -0.4 is 10.2 Å². The van der Waals surface area contributed by atoms with E-state index in [1.165, 1.54) is 11.0 Å². The van der Waals surface area contributed by atoms with E-state index in [1.807, 2.05) is 6.07 Å². The molecule has 0 bridgehead atoms. The summed E-state index contributed by atoms with van der Waals surface area (Å²) < 4.78 is 5.28. The first kappa shape index (κ1) is 15.4. The van der Waals surface area contributed by atoms with Crippen LogP contribution >= 0.6 is 11.6 Å². The Bertz CT molecular complexity index is 983. The molecule has 1 aliphatic rings. The van der Waals surface area contributed by atoms with Crippen LogP contribution in [0.5, 0.6) is 0 Å². The average molecular weight is 354 g/mol. The lowest BCUT2D eigenvalue weighted by Gasteiger charge is -2.28. The molecular formula is C18H12ClN3O3. The SMILES string of the molecule is O=C1CN(C(=O)c2cc(-c3ccccc3Cl)on2)c2ccccc2N1. The Labute approximate surface area is 148 Å². The standard InChI is InChI=1S/C18H12ClN3O3/c19-12-6-2-1-5-11(12)16-9-14(21-25-16)18(24)22-10-17(23)20-13-7-3-4-8-15(13)22/h1-9H,10H2,(H,20,23). The molecule has 3 aromatic rings. The fraction of sp³-hybridized carbons (Fsp3) is 0.0556. The molecule has 4 rings (SSSR count). The number of aromatic nitrogens is 1. The highest BCUT2D eigenvalue weighted by molar-refractivity contribution is 6.33. The first-order valence-electron chi connectivity index (χ1n) is 7.56. The van der Waals surface area contributed by atoms with Crippen molar-refractivity contribution in [1.82, 2.24) is 5.16 Å². The van der Waals surface area contributed by atoms with E-state index in [4.69, 9.17) is 16.1 Å². The van der Waals surface area contributed by atoms with Gasteiger partial charge in [0.15, 0.2) is 11.5 Å². The second kappa shape index (κ2) is 6.07. The van der Waals surface area contributed by atoms with Crippen molar-refractivity contribution in [2.24, 2.45) is 0 Å². The van der Waals surface area contributed by atoms with Crippen molar-refractivity contribution in [1.29, 1.82) is 0 Å². The number of hydrogen-bond donors (Lipinski definition) is 1. The van der Waals surface area contributed by atoms with Crippen molar-refractivity contribution >= 4 is 34.8 Å². The van der Waals surface area contributed by atoms with Gasteiger partial charge in [0, 0.05) is 11.6 Å². The van der Waals surface area contributed by atoms with Gasteiger partial charge in [-0.25, -0.2) is 0 Å². The number of para-hydroxylation sites is 2. The maximum atomic E-state index is 12.8. The molecule has 0 aliphatic carbocycles. The molecule has 2 heterocycles. The van der Waals surface area contributed by atoms with E-state index in [0.29, 0.717) is 27.7 Å². The summed E-state index contributed by atoms with van der Waals surface area (Å²) in [6.45, 7) is -0.0792. The van der Waals surface area contributed by atoms with Gasteiger partial charge in [0.05, 0.1) is 16.4 Å². The summed E-state index contributed by atoms with van der Waals surface area (Å²) in [6.07, 6.45) is 0. The number of fused-ring (bicyclic) bond motifs is 1. The maximum Gasteiger partial charge on any atom is 0.281 e. The van der Waals surface area contributed by atoms with Crippen molar-refractivity contribution in [3.8, 4) is 11.3 Å². The van der Waals surface area contributed by atoms with Crippen LogP contribution in [-0.4, -0.2) is 23.5 Å². The first-order chi connectivity index (χ1) is 12.1. The number of rotatable bonds is 2. The number of nitrogens with one attached hydrogen (secondary N) is 1. The average Bonchev–Trinajstić information content (AvgIpc) is 3.10. The molecule has 1 aliphatic heterocycles. The van der Waals surface area contributed by atoms with Gasteiger partial charge in [0.2, 0.25) is 5.91 Å². The van der Waals surface area contributed by atoms with E-state index in [0.717, 1.165) is 0 Å². The largest absolute Gasteiger partial charge is 0.355 e. The molecule has 6 nitrogen and oxygen atoms in total. The Morgan fingerprint density at radius 3 is 2.76 bits per heavy atom. The second-order valence-electron chi connectivity index (χ2n) is 5.51. The Balaban J connectivity index is 1.69. The molecule has 124 valence electrons. The first-order valence-corrected chi connectivity index (χ1v) is 7.93. The summed E-state index contributed by atoms with van der Waals surface area (Å²) in [5, 5.41) is 7.09. The zero-order valence-corrected chi connectivity index (χ0v) is 13.7. The van der Waals surface area contributed by atoms with Gasteiger partial charge >= 0.3 is 0 Å². The third-order valence-corrected chi connectivity index (χ3v) is 4.21. The number of carbonyl (C=O) groups is 2. The Morgan fingerprint density at radius 1 is 1.16 bits per heavy atom. The van der Waals surface area contributed by atoms with Crippen LogP contribution in [0.25, 0.3) is 11.3 Å². The Kier molecular flexibility index (Phi) is 3.74. The van der Waals surface area contributed by atoms with Crippen LogP contribution in [-0.2, 0) is 4.79 Å². The molecule has 2 amide bonds. The summed E-state index contributed by atoms with van der Waals surface area (Å²) in [5.41, 5.74) is 1.96. The molecule has 25 heavy (non-hydrogen) atoms. The number of anilines is 2. The highest BCUT2D eigenvalue weighted by Crippen LogP contribution is 2.32. The second-order valence-corrected chi connectivity index (χ2v) is 5.92. The lowest BCUT2D eigenvalue weighted by atomic mass is 10.1. The molecule has 2 aromatic carbocycles. The third kappa shape index (κ3) is 2.77. The lowest BCUT2D eigenvalue weighted by Crippen LogP contribution is -2.42. The van der Waals surface area contributed by atoms with Crippen molar-refractivity contribution in [2.75, 3.05) is 16.8 Å². The van der Waals surface area contributed by atoms with Crippen LogP contribution in [0.2, 0.25) is 5.02 Å². The molecule has 0 radical (unpaired) electrons. The molecule has 0 atom stereocenters. The summed E-state index contributed by atoms with van der Waals surface area (Å²) >= 11 is 6.15. The van der Waals surface area contributed by atoms with E-state index in [9.17, 15) is 9.59 Å². The zero-order chi connectivity index (χ0) is 17.4. The van der Waals surface area contributed by atoms with Gasteiger partial charge in [-0.05, 0) is 24.3 Å². The van der Waals surface area contributed by atoms with Gasteiger partial charge in [0.25, 0.3) is 5.91 Å². The van der Waals surface area contributed by atoms with Crippen LogP contribution in [0.1, 0.15) is 10.5 Å². The number of benzene rings is 2. The van der Waals surface area contributed by atoms with Crippen LogP contribution in [0.15, 0.2) is 59.1 Å². The lowest BCUT2D eigenvalue weighted by molar-refractivity contribution is -0.115. The van der Waals surface area contributed by atoms with Crippen molar-refractivity contribution < 1.29 is 14.1 Å². The van der Waals surface area contributed by atoms with Crippen LogP contribution in [0.3, 0.4) is 0 Å². The summed E-state index contributed by atoms with van der Waals surface area (Å²) in [6, 6.07) is 15.7. The van der Waals surface area contributed by atoms with Crippen LogP contribution in [0.4, 0.5) is 11.4 Å². The highest BCUT2D eigenvalue weighted by Gasteiger charge is 2.29. The molecule has 0 unspecified atom stereocenters.